The molecule has 58 valence electrons. The summed E-state index contributed by atoms with van der Waals surface area (Å²) in [5.41, 5.74) is 1.64. The van der Waals surface area contributed by atoms with E-state index in [1.165, 1.54) is 5.57 Å². The van der Waals surface area contributed by atoms with Crippen molar-refractivity contribution in [2.45, 2.75) is 33.8 Å². The average Bonchev–Trinajstić information content (AvgIpc) is 2.11. The van der Waals surface area contributed by atoms with E-state index in [4.69, 9.17) is 4.74 Å². The Bertz CT molecular complexity index is 151. The zero-order valence-electron chi connectivity index (χ0n) is 7.27. The van der Waals surface area contributed by atoms with E-state index >= 15 is 0 Å². The Morgan fingerprint density at radius 1 is 1.50 bits per heavy atom. The zero-order valence-corrected chi connectivity index (χ0v) is 7.27. The standard InChI is InChI=1S/C9H16O/c1-7-5-6-10-8(7)9(2,3)4/h5,8H,6H2,1-4H3. The fourth-order valence-electron chi connectivity index (χ4n) is 1.45. The van der Waals surface area contributed by atoms with E-state index in [9.17, 15) is 0 Å². The minimum absolute atomic E-state index is 0.261. The van der Waals surface area contributed by atoms with Crippen LogP contribution in [0.1, 0.15) is 27.7 Å². The van der Waals surface area contributed by atoms with Gasteiger partial charge in [0, 0.05) is 0 Å². The molecule has 1 heteroatoms. The largest absolute Gasteiger partial charge is 0.369 e. The molecule has 1 aliphatic heterocycles. The van der Waals surface area contributed by atoms with Crippen LogP contribution in [0.25, 0.3) is 0 Å². The highest BCUT2D eigenvalue weighted by Crippen LogP contribution is 2.30. The average molecular weight is 140 g/mol. The van der Waals surface area contributed by atoms with Crippen LogP contribution in [-0.4, -0.2) is 12.7 Å². The van der Waals surface area contributed by atoms with E-state index in [0.717, 1.165) is 6.61 Å². The fraction of sp³-hybridized carbons (Fsp3) is 0.778. The van der Waals surface area contributed by atoms with E-state index in [-0.39, 0.29) is 5.41 Å². The smallest absolute Gasteiger partial charge is 0.0835 e. The van der Waals surface area contributed by atoms with Gasteiger partial charge in [-0.3, -0.25) is 0 Å². The topological polar surface area (TPSA) is 9.23 Å². The molecule has 0 saturated carbocycles. The van der Waals surface area contributed by atoms with E-state index in [0.29, 0.717) is 6.10 Å². The van der Waals surface area contributed by atoms with Gasteiger partial charge in [0.25, 0.3) is 0 Å². The molecule has 1 heterocycles. The van der Waals surface area contributed by atoms with Crippen molar-refractivity contribution in [3.8, 4) is 0 Å². The molecule has 0 saturated heterocycles. The lowest BCUT2D eigenvalue weighted by atomic mass is 9.86. The van der Waals surface area contributed by atoms with Crippen molar-refractivity contribution in [3.05, 3.63) is 11.6 Å². The maximum absolute atomic E-state index is 5.54. The second-order valence-corrected chi connectivity index (χ2v) is 4.03. The van der Waals surface area contributed by atoms with Crippen molar-refractivity contribution >= 4 is 0 Å². The molecule has 0 radical (unpaired) electrons. The van der Waals surface area contributed by atoms with Crippen LogP contribution in [0.5, 0.6) is 0 Å². The molecule has 0 aromatic carbocycles. The summed E-state index contributed by atoms with van der Waals surface area (Å²) in [7, 11) is 0. The Morgan fingerprint density at radius 3 is 2.30 bits per heavy atom. The molecular weight excluding hydrogens is 124 g/mol. The van der Waals surface area contributed by atoms with Crippen LogP contribution in [0.15, 0.2) is 11.6 Å². The van der Waals surface area contributed by atoms with Gasteiger partial charge in [-0.25, -0.2) is 0 Å². The molecule has 0 amide bonds. The van der Waals surface area contributed by atoms with Crippen molar-refractivity contribution in [2.75, 3.05) is 6.61 Å². The molecule has 0 aromatic rings. The second-order valence-electron chi connectivity index (χ2n) is 4.03. The molecule has 1 rings (SSSR count). The third-order valence-corrected chi connectivity index (χ3v) is 1.87. The van der Waals surface area contributed by atoms with Crippen molar-refractivity contribution in [1.82, 2.24) is 0 Å². The SMILES string of the molecule is CC1=CCOC1C(C)(C)C. The second kappa shape index (κ2) is 2.39. The van der Waals surface area contributed by atoms with E-state index < -0.39 is 0 Å². The first-order valence-electron chi connectivity index (χ1n) is 3.80. The first kappa shape index (κ1) is 7.80. The molecule has 1 unspecified atom stereocenters. The van der Waals surface area contributed by atoms with Crippen molar-refractivity contribution in [3.63, 3.8) is 0 Å². The highest BCUT2D eigenvalue weighted by atomic mass is 16.5. The van der Waals surface area contributed by atoms with Gasteiger partial charge in [-0.1, -0.05) is 26.8 Å². The van der Waals surface area contributed by atoms with E-state index in [1.54, 1.807) is 0 Å². The van der Waals surface area contributed by atoms with Gasteiger partial charge >= 0.3 is 0 Å². The van der Waals surface area contributed by atoms with Gasteiger partial charge < -0.3 is 4.74 Å². The summed E-state index contributed by atoms with van der Waals surface area (Å²) < 4.78 is 5.54. The molecule has 0 aliphatic carbocycles. The van der Waals surface area contributed by atoms with Crippen LogP contribution in [0.3, 0.4) is 0 Å². The van der Waals surface area contributed by atoms with Gasteiger partial charge in [-0.05, 0) is 17.9 Å². The van der Waals surface area contributed by atoms with Crippen LogP contribution in [0.2, 0.25) is 0 Å². The molecular formula is C9H16O. The van der Waals surface area contributed by atoms with Gasteiger partial charge in [0.15, 0.2) is 0 Å². The van der Waals surface area contributed by atoms with E-state index in [2.05, 4.69) is 33.8 Å². The van der Waals surface area contributed by atoms with Crippen LogP contribution < -0.4 is 0 Å². The maximum Gasteiger partial charge on any atom is 0.0835 e. The molecule has 1 aliphatic rings. The monoisotopic (exact) mass is 140 g/mol. The first-order chi connectivity index (χ1) is 4.52. The fourth-order valence-corrected chi connectivity index (χ4v) is 1.45. The van der Waals surface area contributed by atoms with Crippen LogP contribution in [0, 0.1) is 5.41 Å². The minimum atomic E-state index is 0.261. The first-order valence-corrected chi connectivity index (χ1v) is 3.80. The van der Waals surface area contributed by atoms with Crippen LogP contribution in [-0.2, 0) is 4.74 Å². The lowest BCUT2D eigenvalue weighted by Gasteiger charge is -2.27. The van der Waals surface area contributed by atoms with Crippen molar-refractivity contribution in [2.24, 2.45) is 5.41 Å². The normalized spacial score (nSPS) is 26.8. The molecule has 0 N–H and O–H groups in total. The third-order valence-electron chi connectivity index (χ3n) is 1.87. The Labute approximate surface area is 63.1 Å². The van der Waals surface area contributed by atoms with Gasteiger partial charge in [-0.2, -0.15) is 0 Å². The van der Waals surface area contributed by atoms with Crippen LogP contribution in [0.4, 0.5) is 0 Å². The Hall–Kier alpha value is -0.300. The van der Waals surface area contributed by atoms with Crippen molar-refractivity contribution in [1.29, 1.82) is 0 Å². The predicted octanol–water partition coefficient (Wildman–Crippen LogP) is 2.38. The van der Waals surface area contributed by atoms with Gasteiger partial charge in [0.2, 0.25) is 0 Å². The van der Waals surface area contributed by atoms with Gasteiger partial charge in [0.1, 0.15) is 0 Å². The summed E-state index contributed by atoms with van der Waals surface area (Å²) in [4.78, 5) is 0. The summed E-state index contributed by atoms with van der Waals surface area (Å²) >= 11 is 0. The Kier molecular flexibility index (Phi) is 1.86. The molecule has 1 nitrogen and oxygen atoms in total. The number of ether oxygens (including phenoxy) is 1. The summed E-state index contributed by atoms with van der Waals surface area (Å²) in [6, 6.07) is 0. The zero-order chi connectivity index (χ0) is 7.78. The predicted molar refractivity (Wildman–Crippen MR) is 43.0 cm³/mol. The molecule has 0 fully saturated rings. The Morgan fingerprint density at radius 2 is 2.10 bits per heavy atom. The number of hydrogen-bond donors (Lipinski definition) is 0. The van der Waals surface area contributed by atoms with E-state index in [1.807, 2.05) is 0 Å². The van der Waals surface area contributed by atoms with Gasteiger partial charge in [-0.15, -0.1) is 0 Å². The third kappa shape index (κ3) is 1.40. The maximum atomic E-state index is 5.54. The molecule has 0 spiro atoms. The summed E-state index contributed by atoms with van der Waals surface area (Å²) in [6.45, 7) is 9.57. The molecule has 0 aromatic heterocycles. The molecule has 1 atom stereocenters. The van der Waals surface area contributed by atoms with Crippen LogP contribution >= 0.6 is 0 Å². The summed E-state index contributed by atoms with van der Waals surface area (Å²) in [5.74, 6) is 0. The molecule has 0 bridgehead atoms. The van der Waals surface area contributed by atoms with Crippen molar-refractivity contribution < 1.29 is 4.74 Å². The van der Waals surface area contributed by atoms with Gasteiger partial charge in [0.05, 0.1) is 12.7 Å². The summed E-state index contributed by atoms with van der Waals surface area (Å²) in [5, 5.41) is 0. The Balaban J connectivity index is 2.67. The lowest BCUT2D eigenvalue weighted by molar-refractivity contribution is 0.0407. The highest BCUT2D eigenvalue weighted by Gasteiger charge is 2.29. The minimum Gasteiger partial charge on any atom is -0.369 e. The summed E-state index contributed by atoms with van der Waals surface area (Å²) in [6.07, 6.45) is 2.50. The molecule has 10 heavy (non-hydrogen) atoms. The lowest BCUT2D eigenvalue weighted by Crippen LogP contribution is -2.27. The quantitative estimate of drug-likeness (QED) is 0.469. The number of hydrogen-bond acceptors (Lipinski definition) is 1. The number of rotatable bonds is 0. The highest BCUT2D eigenvalue weighted by molar-refractivity contribution is 5.13.